The zero-order chi connectivity index (χ0) is 11.7. The Bertz CT molecular complexity index is 247. The van der Waals surface area contributed by atoms with Gasteiger partial charge >= 0.3 is 5.97 Å². The second-order valence-corrected chi connectivity index (χ2v) is 5.40. The van der Waals surface area contributed by atoms with Gasteiger partial charge in [0.1, 0.15) is 0 Å². The van der Waals surface area contributed by atoms with E-state index in [4.69, 9.17) is 9.84 Å². The molecule has 0 radical (unpaired) electrons. The zero-order valence-corrected chi connectivity index (χ0v) is 10.2. The molecule has 88 valence electrons. The molecule has 1 heterocycles. The standard InChI is InChI=1S/C9H16O.C3H6O2/c1-8(2)5-4-6-9(3)7(8)10-9;1-2-3(4)5/h7H,4-6H2,1-3H3;2H2,1H3,(H,4,5)/t7-,9-;/m1./s1. The van der Waals surface area contributed by atoms with Gasteiger partial charge in [0, 0.05) is 6.42 Å². The molecule has 0 aromatic heterocycles. The van der Waals surface area contributed by atoms with Crippen molar-refractivity contribution in [2.24, 2.45) is 5.41 Å². The molecule has 1 aliphatic heterocycles. The summed E-state index contributed by atoms with van der Waals surface area (Å²) in [6, 6.07) is 0. The normalized spacial score (nSPS) is 35.9. The molecule has 0 aromatic carbocycles. The Labute approximate surface area is 91.8 Å². The molecular formula is C12H22O3. The summed E-state index contributed by atoms with van der Waals surface area (Å²) in [5, 5.41) is 7.72. The Kier molecular flexibility index (Phi) is 3.44. The van der Waals surface area contributed by atoms with Crippen molar-refractivity contribution in [3.05, 3.63) is 0 Å². The molecule has 0 bridgehead atoms. The first-order valence-electron chi connectivity index (χ1n) is 5.71. The third-order valence-corrected chi connectivity index (χ3v) is 3.39. The van der Waals surface area contributed by atoms with Gasteiger partial charge in [0.2, 0.25) is 0 Å². The predicted octanol–water partition coefficient (Wildman–Crippen LogP) is 2.84. The van der Waals surface area contributed by atoms with E-state index in [9.17, 15) is 4.79 Å². The van der Waals surface area contributed by atoms with Gasteiger partial charge in [-0.1, -0.05) is 20.8 Å². The van der Waals surface area contributed by atoms with Crippen LogP contribution in [0.15, 0.2) is 0 Å². The molecule has 3 nitrogen and oxygen atoms in total. The lowest BCUT2D eigenvalue weighted by atomic mass is 9.73. The lowest BCUT2D eigenvalue weighted by Crippen LogP contribution is -2.30. The Balaban J connectivity index is 0.000000195. The number of epoxide rings is 1. The van der Waals surface area contributed by atoms with Gasteiger partial charge in [-0.05, 0) is 31.6 Å². The average Bonchev–Trinajstić information content (AvgIpc) is 2.80. The molecular weight excluding hydrogens is 192 g/mol. The molecule has 3 heteroatoms. The highest BCUT2D eigenvalue weighted by Crippen LogP contribution is 2.55. The number of hydrogen-bond donors (Lipinski definition) is 1. The maximum atomic E-state index is 9.37. The quantitative estimate of drug-likeness (QED) is 0.683. The number of aliphatic carboxylic acids is 1. The van der Waals surface area contributed by atoms with E-state index in [0.29, 0.717) is 11.5 Å². The van der Waals surface area contributed by atoms with E-state index in [-0.39, 0.29) is 12.0 Å². The van der Waals surface area contributed by atoms with E-state index >= 15 is 0 Å². The lowest BCUT2D eigenvalue weighted by molar-refractivity contribution is -0.136. The molecule has 1 aliphatic carbocycles. The van der Waals surface area contributed by atoms with Crippen LogP contribution in [0.3, 0.4) is 0 Å². The molecule has 2 rings (SSSR count). The van der Waals surface area contributed by atoms with Crippen LogP contribution in [0.4, 0.5) is 0 Å². The second-order valence-electron chi connectivity index (χ2n) is 5.40. The maximum absolute atomic E-state index is 9.37. The van der Waals surface area contributed by atoms with E-state index in [0.717, 1.165) is 0 Å². The van der Waals surface area contributed by atoms with Crippen molar-refractivity contribution in [2.45, 2.75) is 65.1 Å². The summed E-state index contributed by atoms with van der Waals surface area (Å²) in [5.41, 5.74) is 0.731. The molecule has 0 spiro atoms. The van der Waals surface area contributed by atoms with Crippen LogP contribution >= 0.6 is 0 Å². The third-order valence-electron chi connectivity index (χ3n) is 3.39. The highest BCUT2D eigenvalue weighted by Gasteiger charge is 2.61. The molecule has 0 unspecified atom stereocenters. The molecule has 1 saturated carbocycles. The summed E-state index contributed by atoms with van der Waals surface area (Å²) in [5.74, 6) is -0.745. The molecule has 1 N–H and O–H groups in total. The van der Waals surface area contributed by atoms with Crippen LogP contribution in [0, 0.1) is 5.41 Å². The van der Waals surface area contributed by atoms with Gasteiger partial charge in [0.05, 0.1) is 11.7 Å². The predicted molar refractivity (Wildman–Crippen MR) is 58.8 cm³/mol. The van der Waals surface area contributed by atoms with Gasteiger partial charge in [-0.2, -0.15) is 0 Å². The fraction of sp³-hybridized carbons (Fsp3) is 0.917. The zero-order valence-electron chi connectivity index (χ0n) is 10.2. The molecule has 2 fully saturated rings. The van der Waals surface area contributed by atoms with Gasteiger partial charge in [0.25, 0.3) is 0 Å². The maximum Gasteiger partial charge on any atom is 0.303 e. The van der Waals surface area contributed by atoms with E-state index in [2.05, 4.69) is 20.8 Å². The van der Waals surface area contributed by atoms with Crippen molar-refractivity contribution in [2.75, 3.05) is 0 Å². The highest BCUT2D eigenvalue weighted by molar-refractivity contribution is 5.66. The van der Waals surface area contributed by atoms with Crippen LogP contribution in [0.1, 0.15) is 53.4 Å². The third kappa shape index (κ3) is 2.94. The monoisotopic (exact) mass is 214 g/mol. The van der Waals surface area contributed by atoms with Crippen LogP contribution in [-0.2, 0) is 9.53 Å². The van der Waals surface area contributed by atoms with Crippen molar-refractivity contribution in [3.8, 4) is 0 Å². The largest absolute Gasteiger partial charge is 0.481 e. The van der Waals surface area contributed by atoms with Gasteiger partial charge < -0.3 is 9.84 Å². The number of carbonyl (C=O) groups is 1. The number of fused-ring (bicyclic) bond motifs is 1. The van der Waals surface area contributed by atoms with E-state index in [1.807, 2.05) is 0 Å². The second kappa shape index (κ2) is 4.12. The summed E-state index contributed by atoms with van der Waals surface area (Å²) in [6.07, 6.45) is 4.75. The van der Waals surface area contributed by atoms with Crippen molar-refractivity contribution >= 4 is 5.97 Å². The number of hydrogen-bond acceptors (Lipinski definition) is 2. The SMILES string of the molecule is CC1(C)CCC[C@@]2(C)O[C@H]12.CCC(=O)O. The van der Waals surface area contributed by atoms with Gasteiger partial charge in [0.15, 0.2) is 0 Å². The topological polar surface area (TPSA) is 49.8 Å². The summed E-state index contributed by atoms with van der Waals surface area (Å²) in [7, 11) is 0. The first-order chi connectivity index (χ1) is 6.82. The van der Waals surface area contributed by atoms with Crippen molar-refractivity contribution in [3.63, 3.8) is 0 Å². The minimum Gasteiger partial charge on any atom is -0.481 e. The number of rotatable bonds is 1. The Hall–Kier alpha value is -0.570. The summed E-state index contributed by atoms with van der Waals surface area (Å²) in [4.78, 5) is 9.37. The van der Waals surface area contributed by atoms with Gasteiger partial charge in [-0.15, -0.1) is 0 Å². The van der Waals surface area contributed by atoms with Crippen LogP contribution in [0.2, 0.25) is 0 Å². The average molecular weight is 214 g/mol. The van der Waals surface area contributed by atoms with Gasteiger partial charge in [-0.3, -0.25) is 4.79 Å². The summed E-state index contributed by atoms with van der Waals surface area (Å²) < 4.78 is 5.68. The Morgan fingerprint density at radius 1 is 1.40 bits per heavy atom. The molecule has 15 heavy (non-hydrogen) atoms. The first kappa shape index (κ1) is 12.5. The minimum atomic E-state index is -0.745. The fourth-order valence-corrected chi connectivity index (χ4v) is 2.44. The number of ether oxygens (including phenoxy) is 1. The van der Waals surface area contributed by atoms with Crippen molar-refractivity contribution in [1.29, 1.82) is 0 Å². The molecule has 2 atom stereocenters. The van der Waals surface area contributed by atoms with Crippen LogP contribution in [0.5, 0.6) is 0 Å². The fourth-order valence-electron chi connectivity index (χ4n) is 2.44. The first-order valence-corrected chi connectivity index (χ1v) is 5.71. The van der Waals surface area contributed by atoms with E-state index in [1.54, 1.807) is 6.92 Å². The van der Waals surface area contributed by atoms with Crippen molar-refractivity contribution in [1.82, 2.24) is 0 Å². The van der Waals surface area contributed by atoms with Crippen LogP contribution in [0.25, 0.3) is 0 Å². The van der Waals surface area contributed by atoms with Crippen LogP contribution in [-0.4, -0.2) is 22.8 Å². The van der Waals surface area contributed by atoms with E-state index in [1.165, 1.54) is 19.3 Å². The molecule has 1 saturated heterocycles. The number of carboxylic acid groups (broad SMARTS) is 1. The smallest absolute Gasteiger partial charge is 0.303 e. The molecule has 2 aliphatic rings. The Morgan fingerprint density at radius 3 is 2.27 bits per heavy atom. The number of carboxylic acids is 1. The summed E-state index contributed by atoms with van der Waals surface area (Å²) >= 11 is 0. The van der Waals surface area contributed by atoms with Crippen LogP contribution < -0.4 is 0 Å². The van der Waals surface area contributed by atoms with Gasteiger partial charge in [-0.25, -0.2) is 0 Å². The molecule has 0 aromatic rings. The van der Waals surface area contributed by atoms with E-state index < -0.39 is 5.97 Å². The molecule has 0 amide bonds. The Morgan fingerprint density at radius 2 is 1.93 bits per heavy atom. The lowest BCUT2D eigenvalue weighted by Gasteiger charge is -2.28. The minimum absolute atomic E-state index is 0.222. The summed E-state index contributed by atoms with van der Waals surface area (Å²) in [6.45, 7) is 8.49. The van der Waals surface area contributed by atoms with Crippen molar-refractivity contribution < 1.29 is 14.6 Å². The highest BCUT2D eigenvalue weighted by atomic mass is 16.6.